The lowest BCUT2D eigenvalue weighted by Crippen LogP contribution is -2.07. The minimum absolute atomic E-state index is 0.0949. The van der Waals surface area contributed by atoms with Gasteiger partial charge in [0.1, 0.15) is 17.1 Å². The number of nitrogens with two attached hydrogens (primary N) is 1. The summed E-state index contributed by atoms with van der Waals surface area (Å²) in [6, 6.07) is 0.903. The number of hydrogen-bond donors (Lipinski definition) is 2. The summed E-state index contributed by atoms with van der Waals surface area (Å²) in [5.74, 6) is -1.56. The predicted octanol–water partition coefficient (Wildman–Crippen LogP) is 0.579. The lowest BCUT2D eigenvalue weighted by Gasteiger charge is -2.01. The molecule has 0 aliphatic rings. The number of carboxylic acid groups (broad SMARTS) is 1. The van der Waals surface area contributed by atoms with E-state index in [-0.39, 0.29) is 22.8 Å². The maximum atomic E-state index is 10.6. The lowest BCUT2D eigenvalue weighted by molar-refractivity contribution is -0.385. The first-order valence-electron chi connectivity index (χ1n) is 3.58. The van der Waals surface area contributed by atoms with Crippen LogP contribution in [0.3, 0.4) is 0 Å². The first-order chi connectivity index (χ1) is 6.43. The van der Waals surface area contributed by atoms with Gasteiger partial charge >= 0.3 is 5.97 Å². The molecular weight excluding hydrogens is 190 g/mol. The lowest BCUT2D eigenvalue weighted by atomic mass is 10.2. The Bertz CT molecular complexity index is 380. The van der Waals surface area contributed by atoms with E-state index in [9.17, 15) is 14.9 Å². The van der Waals surface area contributed by atoms with Gasteiger partial charge in [0.25, 0.3) is 5.69 Å². The monoisotopic (exact) mass is 197 g/mol. The number of aromatic nitrogens is 1. The van der Waals surface area contributed by atoms with Crippen LogP contribution >= 0.6 is 0 Å². The van der Waals surface area contributed by atoms with Gasteiger partial charge in [-0.25, -0.2) is 9.78 Å². The van der Waals surface area contributed by atoms with Crippen molar-refractivity contribution in [3.05, 3.63) is 27.4 Å². The van der Waals surface area contributed by atoms with Crippen LogP contribution in [0.2, 0.25) is 0 Å². The van der Waals surface area contributed by atoms with E-state index in [1.165, 1.54) is 6.92 Å². The van der Waals surface area contributed by atoms with Gasteiger partial charge in [0.15, 0.2) is 0 Å². The molecule has 0 bridgehead atoms. The fraction of sp³-hybridized carbons (Fsp3) is 0.143. The Morgan fingerprint density at radius 3 is 2.71 bits per heavy atom. The summed E-state index contributed by atoms with van der Waals surface area (Å²) in [5, 5.41) is 19.1. The maximum Gasteiger partial charge on any atom is 0.339 e. The van der Waals surface area contributed by atoms with Gasteiger partial charge in [-0.15, -0.1) is 0 Å². The van der Waals surface area contributed by atoms with Crippen molar-refractivity contribution in [3.8, 4) is 0 Å². The second-order valence-electron chi connectivity index (χ2n) is 2.59. The van der Waals surface area contributed by atoms with Gasteiger partial charge in [-0.2, -0.15) is 0 Å². The Hall–Kier alpha value is -2.18. The number of aryl methyl sites for hydroxylation is 1. The molecule has 0 amide bonds. The van der Waals surface area contributed by atoms with Gasteiger partial charge in [-0.05, 0) is 6.92 Å². The fourth-order valence-corrected chi connectivity index (χ4v) is 0.969. The largest absolute Gasteiger partial charge is 0.478 e. The summed E-state index contributed by atoms with van der Waals surface area (Å²) >= 11 is 0. The summed E-state index contributed by atoms with van der Waals surface area (Å²) in [7, 11) is 0. The van der Waals surface area contributed by atoms with Gasteiger partial charge < -0.3 is 10.8 Å². The van der Waals surface area contributed by atoms with Crippen LogP contribution in [0, 0.1) is 17.0 Å². The Labute approximate surface area is 78.3 Å². The van der Waals surface area contributed by atoms with Crippen LogP contribution in [0.25, 0.3) is 0 Å². The molecule has 0 saturated carbocycles. The molecule has 7 heteroatoms. The Morgan fingerprint density at radius 2 is 2.29 bits per heavy atom. The van der Waals surface area contributed by atoms with Gasteiger partial charge in [0.05, 0.1) is 4.92 Å². The SMILES string of the molecule is Cc1nc(N)c(C(=O)O)cc1[N+](=O)[O-]. The molecule has 7 nitrogen and oxygen atoms in total. The molecule has 0 fully saturated rings. The van der Waals surface area contributed by atoms with E-state index in [4.69, 9.17) is 10.8 Å². The third kappa shape index (κ3) is 1.60. The number of hydrogen-bond acceptors (Lipinski definition) is 5. The first-order valence-corrected chi connectivity index (χ1v) is 3.58. The molecule has 1 heterocycles. The smallest absolute Gasteiger partial charge is 0.339 e. The van der Waals surface area contributed by atoms with Gasteiger partial charge in [-0.1, -0.05) is 0 Å². The van der Waals surface area contributed by atoms with Crippen molar-refractivity contribution in [1.82, 2.24) is 4.98 Å². The normalized spacial score (nSPS) is 9.79. The van der Waals surface area contributed by atoms with Gasteiger partial charge in [0, 0.05) is 6.07 Å². The third-order valence-electron chi connectivity index (χ3n) is 1.64. The zero-order chi connectivity index (χ0) is 10.9. The third-order valence-corrected chi connectivity index (χ3v) is 1.64. The molecular formula is C7H7N3O4. The molecule has 0 aliphatic heterocycles. The summed E-state index contributed by atoms with van der Waals surface area (Å²) in [6.07, 6.45) is 0. The summed E-state index contributed by atoms with van der Waals surface area (Å²) < 4.78 is 0. The summed E-state index contributed by atoms with van der Waals surface area (Å²) in [6.45, 7) is 1.39. The average molecular weight is 197 g/mol. The standard InChI is InChI=1S/C7H7N3O4/c1-3-5(10(13)14)2-4(7(11)12)6(8)9-3/h2H,1H3,(H2,8,9)(H,11,12). The Balaban J connectivity index is 3.42. The van der Waals surface area contributed by atoms with Crippen molar-refractivity contribution in [3.63, 3.8) is 0 Å². The number of carboxylic acids is 1. The number of pyridine rings is 1. The Kier molecular flexibility index (Phi) is 2.32. The second kappa shape index (κ2) is 3.29. The van der Waals surface area contributed by atoms with Crippen molar-refractivity contribution in [2.24, 2.45) is 0 Å². The highest BCUT2D eigenvalue weighted by molar-refractivity contribution is 5.93. The minimum Gasteiger partial charge on any atom is -0.478 e. The van der Waals surface area contributed by atoms with E-state index in [2.05, 4.69) is 4.98 Å². The van der Waals surface area contributed by atoms with E-state index < -0.39 is 10.9 Å². The van der Waals surface area contributed by atoms with Crippen LogP contribution in [0.5, 0.6) is 0 Å². The quantitative estimate of drug-likeness (QED) is 0.528. The van der Waals surface area contributed by atoms with E-state index in [0.717, 1.165) is 6.07 Å². The molecule has 3 N–H and O–H groups in total. The highest BCUT2D eigenvalue weighted by Gasteiger charge is 2.19. The topological polar surface area (TPSA) is 119 Å². The molecule has 0 spiro atoms. The second-order valence-corrected chi connectivity index (χ2v) is 2.59. The number of aromatic carboxylic acids is 1. The molecule has 0 atom stereocenters. The molecule has 0 unspecified atom stereocenters. The Morgan fingerprint density at radius 1 is 1.71 bits per heavy atom. The molecule has 1 rings (SSSR count). The van der Waals surface area contributed by atoms with Crippen LogP contribution in [0.4, 0.5) is 11.5 Å². The van der Waals surface area contributed by atoms with Gasteiger partial charge in [0.2, 0.25) is 0 Å². The fourth-order valence-electron chi connectivity index (χ4n) is 0.969. The highest BCUT2D eigenvalue weighted by Crippen LogP contribution is 2.21. The number of anilines is 1. The first kappa shape index (κ1) is 9.90. The molecule has 0 aliphatic carbocycles. The predicted molar refractivity (Wildman–Crippen MR) is 47.0 cm³/mol. The molecule has 0 aromatic carbocycles. The maximum absolute atomic E-state index is 10.6. The number of nitrogens with zero attached hydrogens (tertiary/aromatic N) is 2. The molecule has 74 valence electrons. The van der Waals surface area contributed by atoms with Crippen molar-refractivity contribution < 1.29 is 14.8 Å². The average Bonchev–Trinajstić information content (AvgIpc) is 2.02. The number of nitro groups is 1. The minimum atomic E-state index is -1.34. The van der Waals surface area contributed by atoms with Crippen LogP contribution in [-0.2, 0) is 0 Å². The summed E-state index contributed by atoms with van der Waals surface area (Å²) in [4.78, 5) is 23.9. The number of nitrogen functional groups attached to an aromatic ring is 1. The molecule has 0 radical (unpaired) electrons. The zero-order valence-corrected chi connectivity index (χ0v) is 7.22. The molecule has 14 heavy (non-hydrogen) atoms. The number of carbonyl (C=O) groups is 1. The molecule has 0 saturated heterocycles. The van der Waals surface area contributed by atoms with Crippen molar-refractivity contribution >= 4 is 17.5 Å². The highest BCUT2D eigenvalue weighted by atomic mass is 16.6. The molecule has 1 aromatic rings. The summed E-state index contributed by atoms with van der Waals surface area (Å²) in [5.41, 5.74) is 4.66. The van der Waals surface area contributed by atoms with Crippen LogP contribution < -0.4 is 5.73 Å². The van der Waals surface area contributed by atoms with E-state index >= 15 is 0 Å². The van der Waals surface area contributed by atoms with Crippen molar-refractivity contribution in [1.29, 1.82) is 0 Å². The van der Waals surface area contributed by atoms with Crippen LogP contribution in [0.15, 0.2) is 6.07 Å². The van der Waals surface area contributed by atoms with Crippen molar-refractivity contribution in [2.75, 3.05) is 5.73 Å². The van der Waals surface area contributed by atoms with E-state index in [0.29, 0.717) is 0 Å². The van der Waals surface area contributed by atoms with Gasteiger partial charge in [-0.3, -0.25) is 10.1 Å². The zero-order valence-electron chi connectivity index (χ0n) is 7.22. The molecule has 1 aromatic heterocycles. The number of rotatable bonds is 2. The van der Waals surface area contributed by atoms with Crippen molar-refractivity contribution in [2.45, 2.75) is 6.92 Å². The van der Waals surface area contributed by atoms with E-state index in [1.807, 2.05) is 0 Å². The van der Waals surface area contributed by atoms with Crippen LogP contribution in [0.1, 0.15) is 16.1 Å². The van der Waals surface area contributed by atoms with E-state index in [1.54, 1.807) is 0 Å². The van der Waals surface area contributed by atoms with Crippen LogP contribution in [-0.4, -0.2) is 21.0 Å².